The zero-order valence-corrected chi connectivity index (χ0v) is 18.6. The maximum atomic E-state index is 12.4. The van der Waals surface area contributed by atoms with Crippen LogP contribution in [0.1, 0.15) is 0 Å². The van der Waals surface area contributed by atoms with Gasteiger partial charge in [0.05, 0.1) is 0 Å². The Morgan fingerprint density at radius 3 is 0.867 bits per heavy atom. The van der Waals surface area contributed by atoms with E-state index >= 15 is 0 Å². The molecule has 0 bridgehead atoms. The van der Waals surface area contributed by atoms with Crippen LogP contribution in [-0.2, 0) is 3.28 Å². The third-order valence-corrected chi connectivity index (χ3v) is 19.2. The Balaban J connectivity index is 2.31. The maximum absolute atomic E-state index is 12.4. The summed E-state index contributed by atoms with van der Waals surface area (Å²) in [6, 6.07) is 36.9. The summed E-state index contributed by atoms with van der Waals surface area (Å²) < 4.78 is 45.8. The van der Waals surface area contributed by atoms with Crippen LogP contribution in [0.5, 0.6) is 0 Å². The van der Waals surface area contributed by atoms with Crippen molar-refractivity contribution in [2.24, 2.45) is 0 Å². The molecular formula is C24H20AsClO4. The molecule has 0 aliphatic heterocycles. The summed E-state index contributed by atoms with van der Waals surface area (Å²) in [5, 5.41) is 0. The number of halogens is 1. The van der Waals surface area contributed by atoms with Crippen molar-refractivity contribution < 1.29 is 27.5 Å². The van der Waals surface area contributed by atoms with Gasteiger partial charge in [0.15, 0.2) is 0 Å². The Hall–Kier alpha value is -2.43. The van der Waals surface area contributed by atoms with E-state index in [0.29, 0.717) is 17.4 Å². The van der Waals surface area contributed by atoms with Crippen molar-refractivity contribution in [1.29, 1.82) is 0 Å². The summed E-state index contributed by atoms with van der Waals surface area (Å²) in [6.45, 7) is 0. The monoisotopic (exact) mass is 482 g/mol. The van der Waals surface area contributed by atoms with E-state index in [-0.39, 0.29) is 0 Å². The molecule has 0 saturated heterocycles. The fourth-order valence-corrected chi connectivity index (χ4v) is 18.8. The average molecular weight is 483 g/mol. The molecule has 0 aliphatic carbocycles. The van der Waals surface area contributed by atoms with Crippen molar-refractivity contribution in [3.05, 3.63) is 121 Å². The van der Waals surface area contributed by atoms with E-state index in [1.54, 1.807) is 0 Å². The minimum absolute atomic E-state index is 0.673. The number of hydrogen-bond acceptors (Lipinski definition) is 4. The van der Waals surface area contributed by atoms with Gasteiger partial charge in [-0.15, -0.1) is 0 Å². The van der Waals surface area contributed by atoms with Gasteiger partial charge in [0.2, 0.25) is 0 Å². The predicted octanol–water partition coefficient (Wildman–Crippen LogP) is -0.571. The molecular weight excluding hydrogens is 463 g/mol. The number of rotatable bonds is 6. The minimum atomic E-state index is -5.22. The molecule has 0 unspecified atom stereocenters. The molecule has 30 heavy (non-hydrogen) atoms. The molecule has 4 aromatic carbocycles. The van der Waals surface area contributed by atoms with Crippen LogP contribution in [0.4, 0.5) is 0 Å². The fourth-order valence-electron chi connectivity index (χ4n) is 4.07. The zero-order valence-electron chi connectivity index (χ0n) is 16.0. The van der Waals surface area contributed by atoms with Crippen molar-refractivity contribution in [3.63, 3.8) is 0 Å². The first-order valence-corrected chi connectivity index (χ1v) is 15.1. The van der Waals surface area contributed by atoms with Crippen LogP contribution in [0.15, 0.2) is 121 Å². The third-order valence-electron chi connectivity index (χ3n) is 5.22. The van der Waals surface area contributed by atoms with Gasteiger partial charge in [-0.3, -0.25) is 0 Å². The van der Waals surface area contributed by atoms with E-state index in [1.807, 2.05) is 121 Å². The molecule has 4 nitrogen and oxygen atoms in total. The molecule has 0 atom stereocenters. The molecule has 152 valence electrons. The molecule has 4 rings (SSSR count). The Labute approximate surface area is 178 Å². The van der Waals surface area contributed by atoms with Crippen LogP contribution < -0.4 is 31.4 Å². The predicted molar refractivity (Wildman–Crippen MR) is 111 cm³/mol. The molecule has 0 aromatic heterocycles. The first-order valence-electron chi connectivity index (χ1n) is 9.34. The molecule has 0 spiro atoms. The third kappa shape index (κ3) is 3.28. The van der Waals surface area contributed by atoms with Crippen LogP contribution in [0.3, 0.4) is 0 Å². The van der Waals surface area contributed by atoms with Crippen molar-refractivity contribution in [3.8, 4) is 0 Å². The Kier molecular flexibility index (Phi) is 5.56. The van der Waals surface area contributed by atoms with Gasteiger partial charge >= 0.3 is 179 Å². The van der Waals surface area contributed by atoms with E-state index in [9.17, 15) is 14.0 Å². The van der Waals surface area contributed by atoms with Crippen molar-refractivity contribution in [2.75, 3.05) is 0 Å². The van der Waals surface area contributed by atoms with E-state index in [0.717, 1.165) is 0 Å². The molecule has 0 N–H and O–H groups in total. The van der Waals surface area contributed by atoms with Crippen LogP contribution >= 0.6 is 0 Å². The van der Waals surface area contributed by atoms with Gasteiger partial charge < -0.3 is 0 Å². The SMILES string of the molecule is [O-][Cl+3]([O-])([O-])O[As](c1ccccc1)(c1ccccc1)(c1ccccc1)c1ccccc1. The summed E-state index contributed by atoms with van der Waals surface area (Å²) in [5.74, 6) is 0. The van der Waals surface area contributed by atoms with E-state index in [1.165, 1.54) is 0 Å². The number of benzene rings is 4. The normalized spacial score (nSPS) is 13.4. The second-order valence-electron chi connectivity index (χ2n) is 6.83. The van der Waals surface area contributed by atoms with E-state index in [2.05, 4.69) is 0 Å². The van der Waals surface area contributed by atoms with Crippen LogP contribution in [0, 0.1) is 10.2 Å². The van der Waals surface area contributed by atoms with Gasteiger partial charge in [0.25, 0.3) is 0 Å². The quantitative estimate of drug-likeness (QED) is 0.345. The van der Waals surface area contributed by atoms with Gasteiger partial charge in [-0.25, -0.2) is 0 Å². The standard InChI is InChI=1S/C24H20AsClO4/c27-26(28,29)30-25(21-13-5-1-6-14-21,22-15-7-2-8-16-22,23-17-9-3-10-18-23)24-19-11-4-12-20-24/h1-20H. The van der Waals surface area contributed by atoms with Gasteiger partial charge in [0, 0.05) is 0 Å². The van der Waals surface area contributed by atoms with Crippen LogP contribution in [0.25, 0.3) is 0 Å². The first kappa shape index (κ1) is 20.8. The zero-order chi connectivity index (χ0) is 21.1. The summed E-state index contributed by atoms with van der Waals surface area (Å²) in [7, 11) is -4.77. The van der Waals surface area contributed by atoms with Crippen molar-refractivity contribution in [1.82, 2.24) is 0 Å². The molecule has 0 amide bonds. The number of hydrogen-bond donors (Lipinski definition) is 0. The molecule has 4 aromatic rings. The summed E-state index contributed by atoms with van der Waals surface area (Å²) in [5.41, 5.74) is 0. The summed E-state index contributed by atoms with van der Waals surface area (Å²) in [6.07, 6.45) is 0. The Morgan fingerprint density at radius 1 is 0.433 bits per heavy atom. The van der Waals surface area contributed by atoms with E-state index in [4.69, 9.17) is 3.28 Å². The molecule has 0 heterocycles. The van der Waals surface area contributed by atoms with Gasteiger partial charge in [-0.1, -0.05) is 0 Å². The molecule has 6 heteroatoms. The second kappa shape index (κ2) is 8.01. The summed E-state index contributed by atoms with van der Waals surface area (Å²) >= 11 is -5.22. The Bertz CT molecular complexity index is 932. The van der Waals surface area contributed by atoms with E-state index < -0.39 is 23.0 Å². The van der Waals surface area contributed by atoms with Gasteiger partial charge in [-0.05, 0) is 0 Å². The van der Waals surface area contributed by atoms with Crippen molar-refractivity contribution in [2.45, 2.75) is 0 Å². The molecule has 0 radical (unpaired) electrons. The van der Waals surface area contributed by atoms with Crippen LogP contribution in [-0.4, -0.2) is 12.8 Å². The summed E-state index contributed by atoms with van der Waals surface area (Å²) in [4.78, 5) is 0. The molecule has 0 saturated carbocycles. The molecule has 0 fully saturated rings. The average Bonchev–Trinajstić information content (AvgIpc) is 2.79. The fraction of sp³-hybridized carbons (Fsp3) is 0. The van der Waals surface area contributed by atoms with Gasteiger partial charge in [-0.2, -0.15) is 0 Å². The first-order chi connectivity index (χ1) is 14.5. The second-order valence-corrected chi connectivity index (χ2v) is 17.3. The topological polar surface area (TPSA) is 78.4 Å². The van der Waals surface area contributed by atoms with Crippen LogP contribution in [0.2, 0.25) is 0 Å². The molecule has 0 aliphatic rings. The van der Waals surface area contributed by atoms with Gasteiger partial charge in [0.1, 0.15) is 0 Å². The van der Waals surface area contributed by atoms with Crippen molar-refractivity contribution >= 4 is 30.2 Å². The Morgan fingerprint density at radius 2 is 0.667 bits per heavy atom.